The molecule has 0 saturated heterocycles. The Morgan fingerprint density at radius 3 is 2.54 bits per heavy atom. The van der Waals surface area contributed by atoms with Gasteiger partial charge in [-0.2, -0.15) is 0 Å². The van der Waals surface area contributed by atoms with Crippen LogP contribution in [-0.2, 0) is 0 Å². The number of hydrogen-bond acceptors (Lipinski definition) is 4. The molecule has 5 heteroatoms. The Kier molecular flexibility index (Phi) is 5.18. The summed E-state index contributed by atoms with van der Waals surface area (Å²) in [4.78, 5) is 4.65. The maximum Gasteiger partial charge on any atom is 0.161 e. The zero-order chi connectivity index (χ0) is 16.9. The van der Waals surface area contributed by atoms with Crippen LogP contribution in [0.1, 0.15) is 10.6 Å². The number of methoxy groups -OCH3 is 2. The van der Waals surface area contributed by atoms with Crippen LogP contribution in [0.2, 0.25) is 5.02 Å². The average molecular weight is 358 g/mol. The van der Waals surface area contributed by atoms with Crippen LogP contribution in [0.5, 0.6) is 11.5 Å². The van der Waals surface area contributed by atoms with Crippen LogP contribution in [-0.4, -0.2) is 19.2 Å². The minimum atomic E-state index is 0.691. The minimum absolute atomic E-state index is 0.691. The summed E-state index contributed by atoms with van der Waals surface area (Å²) in [6.45, 7) is 0. The summed E-state index contributed by atoms with van der Waals surface area (Å²) >= 11 is 7.74. The summed E-state index contributed by atoms with van der Waals surface area (Å²) in [5.41, 5.74) is 2.86. The average Bonchev–Trinajstić information content (AvgIpc) is 3.09. The molecule has 0 aliphatic heterocycles. The number of aromatic nitrogens is 1. The molecule has 24 heavy (non-hydrogen) atoms. The molecule has 0 saturated carbocycles. The molecule has 1 heterocycles. The van der Waals surface area contributed by atoms with Crippen LogP contribution in [0.4, 0.5) is 0 Å². The highest BCUT2D eigenvalue weighted by atomic mass is 35.5. The maximum atomic E-state index is 6.16. The number of halogens is 1. The second kappa shape index (κ2) is 7.51. The van der Waals surface area contributed by atoms with Crippen molar-refractivity contribution in [3.8, 4) is 22.8 Å². The lowest BCUT2D eigenvalue weighted by atomic mass is 10.1. The van der Waals surface area contributed by atoms with E-state index in [1.807, 2.05) is 60.0 Å². The second-order valence-electron chi connectivity index (χ2n) is 5.00. The van der Waals surface area contributed by atoms with Crippen LogP contribution in [0, 0.1) is 0 Å². The lowest BCUT2D eigenvalue weighted by Crippen LogP contribution is -1.90. The summed E-state index contributed by atoms with van der Waals surface area (Å²) in [6.07, 6.45) is 3.94. The van der Waals surface area contributed by atoms with Crippen LogP contribution < -0.4 is 9.47 Å². The van der Waals surface area contributed by atoms with Crippen molar-refractivity contribution in [3.05, 3.63) is 63.4 Å². The quantitative estimate of drug-likeness (QED) is 0.591. The first kappa shape index (κ1) is 16.6. The molecule has 0 radical (unpaired) electrons. The highest BCUT2D eigenvalue weighted by molar-refractivity contribution is 7.10. The largest absolute Gasteiger partial charge is 0.493 e. The number of rotatable bonds is 5. The Hall–Kier alpha value is -2.30. The van der Waals surface area contributed by atoms with Crippen LogP contribution in [0.15, 0.2) is 47.8 Å². The molecule has 3 rings (SSSR count). The van der Waals surface area contributed by atoms with Crippen molar-refractivity contribution >= 4 is 35.1 Å². The Labute approximate surface area is 150 Å². The number of ether oxygens (including phenoxy) is 2. The lowest BCUT2D eigenvalue weighted by molar-refractivity contribution is 0.355. The Morgan fingerprint density at radius 1 is 1.00 bits per heavy atom. The van der Waals surface area contributed by atoms with E-state index in [1.165, 1.54) is 0 Å². The van der Waals surface area contributed by atoms with Gasteiger partial charge in [-0.3, -0.25) is 0 Å². The Balaban J connectivity index is 1.84. The normalized spacial score (nSPS) is 11.0. The van der Waals surface area contributed by atoms with Crippen molar-refractivity contribution in [2.45, 2.75) is 0 Å². The van der Waals surface area contributed by atoms with Gasteiger partial charge < -0.3 is 9.47 Å². The predicted molar refractivity (Wildman–Crippen MR) is 101 cm³/mol. The van der Waals surface area contributed by atoms with Crippen LogP contribution in [0.25, 0.3) is 23.4 Å². The molecular weight excluding hydrogens is 342 g/mol. The van der Waals surface area contributed by atoms with E-state index < -0.39 is 0 Å². The third kappa shape index (κ3) is 3.61. The third-order valence-corrected chi connectivity index (χ3v) is 4.67. The Morgan fingerprint density at radius 2 is 1.79 bits per heavy atom. The smallest absolute Gasteiger partial charge is 0.161 e. The van der Waals surface area contributed by atoms with E-state index >= 15 is 0 Å². The first-order valence-corrected chi connectivity index (χ1v) is 8.57. The minimum Gasteiger partial charge on any atom is -0.493 e. The first-order chi connectivity index (χ1) is 11.7. The molecule has 0 aliphatic rings. The van der Waals surface area contributed by atoms with Gasteiger partial charge in [-0.15, -0.1) is 11.3 Å². The highest BCUT2D eigenvalue weighted by Gasteiger charge is 2.08. The van der Waals surface area contributed by atoms with Crippen molar-refractivity contribution in [2.24, 2.45) is 0 Å². The monoisotopic (exact) mass is 357 g/mol. The lowest BCUT2D eigenvalue weighted by Gasteiger charge is -2.08. The molecule has 3 aromatic rings. The molecule has 0 amide bonds. The van der Waals surface area contributed by atoms with Gasteiger partial charge in [0.05, 0.1) is 19.9 Å². The Bertz CT molecular complexity index is 873. The molecule has 2 aromatic carbocycles. The molecule has 0 N–H and O–H groups in total. The van der Waals surface area contributed by atoms with Gasteiger partial charge in [0.2, 0.25) is 0 Å². The molecule has 1 aromatic heterocycles. The molecule has 0 bridgehead atoms. The number of thiazole rings is 1. The summed E-state index contributed by atoms with van der Waals surface area (Å²) in [6, 6.07) is 13.5. The fourth-order valence-corrected chi connectivity index (χ4v) is 3.18. The SMILES string of the molecule is COc1ccc(-c2csc(/C=C/c3ccccc3Cl)n2)cc1OC. The van der Waals surface area contributed by atoms with Gasteiger partial charge in [0.25, 0.3) is 0 Å². The molecule has 0 spiro atoms. The summed E-state index contributed by atoms with van der Waals surface area (Å²) in [5, 5.41) is 3.66. The predicted octanol–water partition coefficient (Wildman–Crippen LogP) is 5.65. The van der Waals surface area contributed by atoms with Gasteiger partial charge in [-0.25, -0.2) is 4.98 Å². The molecule has 3 nitrogen and oxygen atoms in total. The van der Waals surface area contributed by atoms with Crippen LogP contribution in [0.3, 0.4) is 0 Å². The van der Waals surface area contributed by atoms with E-state index in [0.29, 0.717) is 11.5 Å². The maximum absolute atomic E-state index is 6.16. The van der Waals surface area contributed by atoms with Crippen LogP contribution >= 0.6 is 22.9 Å². The van der Waals surface area contributed by atoms with Crippen molar-refractivity contribution in [2.75, 3.05) is 14.2 Å². The van der Waals surface area contributed by atoms with Crippen molar-refractivity contribution in [3.63, 3.8) is 0 Å². The van der Waals surface area contributed by atoms with E-state index in [4.69, 9.17) is 21.1 Å². The zero-order valence-corrected chi connectivity index (χ0v) is 14.9. The van der Waals surface area contributed by atoms with Crippen molar-refractivity contribution in [1.82, 2.24) is 4.98 Å². The summed E-state index contributed by atoms with van der Waals surface area (Å²) in [5.74, 6) is 1.39. The number of nitrogens with zero attached hydrogens (tertiary/aromatic N) is 1. The van der Waals surface area contributed by atoms with E-state index in [2.05, 4.69) is 4.98 Å². The fourth-order valence-electron chi connectivity index (χ4n) is 2.26. The van der Waals surface area contributed by atoms with Crippen molar-refractivity contribution in [1.29, 1.82) is 0 Å². The highest BCUT2D eigenvalue weighted by Crippen LogP contribution is 2.33. The van der Waals surface area contributed by atoms with Gasteiger partial charge in [0.15, 0.2) is 11.5 Å². The number of hydrogen-bond donors (Lipinski definition) is 0. The molecule has 0 aliphatic carbocycles. The van der Waals surface area contributed by atoms with E-state index in [9.17, 15) is 0 Å². The number of benzene rings is 2. The standard InChI is InChI=1S/C19H16ClNO2S/c1-22-17-9-7-14(11-18(17)23-2)16-12-24-19(21-16)10-8-13-5-3-4-6-15(13)20/h3-12H,1-2H3/b10-8+. The zero-order valence-electron chi connectivity index (χ0n) is 13.3. The van der Waals surface area contributed by atoms with Crippen molar-refractivity contribution < 1.29 is 9.47 Å². The van der Waals surface area contributed by atoms with Gasteiger partial charge >= 0.3 is 0 Å². The van der Waals surface area contributed by atoms with E-state index in [-0.39, 0.29) is 0 Å². The first-order valence-electron chi connectivity index (χ1n) is 7.32. The molecule has 122 valence electrons. The second-order valence-corrected chi connectivity index (χ2v) is 6.29. The summed E-state index contributed by atoms with van der Waals surface area (Å²) in [7, 11) is 3.25. The molecule has 0 atom stereocenters. The topological polar surface area (TPSA) is 31.4 Å². The molecular formula is C19H16ClNO2S. The van der Waals surface area contributed by atoms with E-state index in [0.717, 1.165) is 26.9 Å². The molecule has 0 unspecified atom stereocenters. The fraction of sp³-hybridized carbons (Fsp3) is 0.105. The van der Waals surface area contributed by atoms with Gasteiger partial charge in [0, 0.05) is 16.0 Å². The molecule has 0 fully saturated rings. The van der Waals surface area contributed by atoms with Gasteiger partial charge in [-0.05, 0) is 35.9 Å². The summed E-state index contributed by atoms with van der Waals surface area (Å²) < 4.78 is 10.6. The van der Waals surface area contributed by atoms with Gasteiger partial charge in [-0.1, -0.05) is 35.9 Å². The van der Waals surface area contributed by atoms with Gasteiger partial charge in [0.1, 0.15) is 5.01 Å². The third-order valence-electron chi connectivity index (χ3n) is 3.51. The van der Waals surface area contributed by atoms with E-state index in [1.54, 1.807) is 25.6 Å².